The molecule has 0 radical (unpaired) electrons. The first-order valence-electron chi connectivity index (χ1n) is 6.53. The van der Waals surface area contributed by atoms with Crippen molar-refractivity contribution in [2.24, 2.45) is 16.8 Å². The van der Waals surface area contributed by atoms with Crippen LogP contribution < -0.4 is 0 Å². The third-order valence-corrected chi connectivity index (χ3v) is 3.18. The van der Waals surface area contributed by atoms with Gasteiger partial charge in [0.1, 0.15) is 5.92 Å². The molecule has 2 atom stereocenters. The number of hydrogen-bond acceptors (Lipinski definition) is 5. The van der Waals surface area contributed by atoms with E-state index in [-0.39, 0.29) is 11.9 Å². The summed E-state index contributed by atoms with van der Waals surface area (Å²) in [6.45, 7) is 9.48. The van der Waals surface area contributed by atoms with Crippen molar-refractivity contribution in [1.29, 1.82) is 0 Å². The van der Waals surface area contributed by atoms with Crippen LogP contribution in [0.4, 0.5) is 0 Å². The fraction of sp³-hybridized carbons (Fsp3) is 0.643. The van der Waals surface area contributed by atoms with Crippen molar-refractivity contribution in [3.05, 3.63) is 11.3 Å². The highest BCUT2D eigenvalue weighted by molar-refractivity contribution is 6.05. The Hall–Kier alpha value is -1.65. The summed E-state index contributed by atoms with van der Waals surface area (Å²) >= 11 is 0. The van der Waals surface area contributed by atoms with Crippen LogP contribution in [0.1, 0.15) is 34.6 Å². The number of carbonyl (C=O) groups is 2. The molecule has 1 aliphatic heterocycles. The lowest BCUT2D eigenvalue weighted by molar-refractivity contribution is -0.147. The molecule has 0 saturated carbocycles. The van der Waals surface area contributed by atoms with E-state index in [2.05, 4.69) is 4.99 Å². The normalized spacial score (nSPS) is 22.9. The molecule has 0 N–H and O–H groups in total. The zero-order valence-electron chi connectivity index (χ0n) is 12.1. The van der Waals surface area contributed by atoms with Crippen LogP contribution >= 0.6 is 0 Å². The second-order valence-corrected chi connectivity index (χ2v) is 4.49. The summed E-state index contributed by atoms with van der Waals surface area (Å²) in [5.74, 6) is -1.54. The van der Waals surface area contributed by atoms with Gasteiger partial charge < -0.3 is 9.47 Å². The summed E-state index contributed by atoms with van der Waals surface area (Å²) in [4.78, 5) is 28.2. The molecular weight excluding hydrogens is 246 g/mol. The van der Waals surface area contributed by atoms with Crippen LogP contribution in [-0.4, -0.2) is 30.9 Å². The summed E-state index contributed by atoms with van der Waals surface area (Å²) < 4.78 is 10.1. The molecule has 0 aromatic rings. The van der Waals surface area contributed by atoms with Crippen molar-refractivity contribution in [3.63, 3.8) is 0 Å². The Morgan fingerprint density at radius 1 is 1.16 bits per heavy atom. The fourth-order valence-corrected chi connectivity index (χ4v) is 2.40. The predicted octanol–water partition coefficient (Wildman–Crippen LogP) is 2.11. The molecule has 0 aromatic heterocycles. The maximum atomic E-state index is 12.0. The van der Waals surface area contributed by atoms with Crippen LogP contribution in [0, 0.1) is 11.8 Å². The molecule has 5 nitrogen and oxygen atoms in total. The van der Waals surface area contributed by atoms with Gasteiger partial charge in [-0.25, -0.2) is 4.79 Å². The molecule has 106 valence electrons. The van der Waals surface area contributed by atoms with E-state index in [4.69, 9.17) is 9.47 Å². The molecule has 5 heteroatoms. The van der Waals surface area contributed by atoms with E-state index in [1.165, 1.54) is 0 Å². The number of allylic oxidation sites excluding steroid dienone is 1. The first-order chi connectivity index (χ1) is 8.93. The molecule has 0 fully saturated rings. The molecule has 1 rings (SSSR count). The van der Waals surface area contributed by atoms with E-state index in [0.29, 0.717) is 30.2 Å². The van der Waals surface area contributed by atoms with Gasteiger partial charge in [0.2, 0.25) is 0 Å². The summed E-state index contributed by atoms with van der Waals surface area (Å²) in [6, 6.07) is 0. The molecule has 0 aromatic carbocycles. The van der Waals surface area contributed by atoms with Gasteiger partial charge >= 0.3 is 11.9 Å². The Labute approximate surface area is 113 Å². The van der Waals surface area contributed by atoms with E-state index in [0.717, 1.165) is 0 Å². The van der Waals surface area contributed by atoms with Crippen LogP contribution in [-0.2, 0) is 19.1 Å². The van der Waals surface area contributed by atoms with Gasteiger partial charge in [0.15, 0.2) is 0 Å². The first kappa shape index (κ1) is 15.4. The molecule has 0 spiro atoms. The molecule has 0 bridgehead atoms. The third kappa shape index (κ3) is 3.22. The van der Waals surface area contributed by atoms with E-state index in [9.17, 15) is 9.59 Å². The van der Waals surface area contributed by atoms with Crippen LogP contribution in [0.25, 0.3) is 0 Å². The van der Waals surface area contributed by atoms with Gasteiger partial charge in [-0.3, -0.25) is 9.79 Å². The maximum absolute atomic E-state index is 12.0. The molecule has 1 heterocycles. The van der Waals surface area contributed by atoms with E-state index < -0.39 is 11.9 Å². The number of carbonyl (C=O) groups excluding carboxylic acids is 2. The average molecular weight is 267 g/mol. The molecular formula is C14H21NO4. The zero-order chi connectivity index (χ0) is 14.6. The van der Waals surface area contributed by atoms with Gasteiger partial charge in [-0.1, -0.05) is 6.92 Å². The molecule has 1 aliphatic rings. The van der Waals surface area contributed by atoms with Crippen LogP contribution in [0.15, 0.2) is 16.3 Å². The number of rotatable bonds is 4. The maximum Gasteiger partial charge on any atom is 0.336 e. The van der Waals surface area contributed by atoms with Gasteiger partial charge in [0.05, 0.1) is 18.8 Å². The Balaban J connectivity index is 3.08. The van der Waals surface area contributed by atoms with Crippen molar-refractivity contribution >= 4 is 17.7 Å². The van der Waals surface area contributed by atoms with Crippen LogP contribution in [0.2, 0.25) is 0 Å². The lowest BCUT2D eigenvalue weighted by atomic mass is 9.81. The smallest absolute Gasteiger partial charge is 0.336 e. The Morgan fingerprint density at radius 3 is 2.26 bits per heavy atom. The first-order valence-corrected chi connectivity index (χ1v) is 6.53. The van der Waals surface area contributed by atoms with Crippen LogP contribution in [0.3, 0.4) is 0 Å². The van der Waals surface area contributed by atoms with Crippen molar-refractivity contribution in [1.82, 2.24) is 0 Å². The molecule has 19 heavy (non-hydrogen) atoms. The average Bonchev–Trinajstić information content (AvgIpc) is 2.28. The lowest BCUT2D eigenvalue weighted by Crippen LogP contribution is -2.36. The van der Waals surface area contributed by atoms with Crippen molar-refractivity contribution < 1.29 is 19.1 Å². The molecule has 0 aliphatic carbocycles. The van der Waals surface area contributed by atoms with Crippen molar-refractivity contribution in [2.45, 2.75) is 34.6 Å². The predicted molar refractivity (Wildman–Crippen MR) is 71.7 cm³/mol. The zero-order valence-corrected chi connectivity index (χ0v) is 12.1. The SMILES string of the molecule is CCOC(=O)C1=C(C)N=C(C)C(C(=O)OCC)C1C. The number of esters is 2. The van der Waals surface area contributed by atoms with Gasteiger partial charge in [0.25, 0.3) is 0 Å². The minimum Gasteiger partial charge on any atom is -0.465 e. The molecule has 0 amide bonds. The third-order valence-electron chi connectivity index (χ3n) is 3.18. The van der Waals surface area contributed by atoms with Crippen molar-refractivity contribution in [2.75, 3.05) is 13.2 Å². The monoisotopic (exact) mass is 267 g/mol. The Bertz CT molecular complexity index is 437. The van der Waals surface area contributed by atoms with E-state index >= 15 is 0 Å². The quantitative estimate of drug-likeness (QED) is 0.732. The number of hydrogen-bond donors (Lipinski definition) is 0. The van der Waals surface area contributed by atoms with Gasteiger partial charge in [-0.05, 0) is 27.7 Å². The van der Waals surface area contributed by atoms with E-state index in [1.54, 1.807) is 27.7 Å². The Kier molecular flexibility index (Phi) is 5.27. The van der Waals surface area contributed by atoms with Gasteiger partial charge in [0, 0.05) is 17.3 Å². The second kappa shape index (κ2) is 6.50. The number of ether oxygens (including phenoxy) is 2. The van der Waals surface area contributed by atoms with E-state index in [1.807, 2.05) is 6.92 Å². The minimum atomic E-state index is -0.511. The largest absolute Gasteiger partial charge is 0.465 e. The summed E-state index contributed by atoms with van der Waals surface area (Å²) in [6.07, 6.45) is 0. The van der Waals surface area contributed by atoms with Crippen molar-refractivity contribution in [3.8, 4) is 0 Å². The minimum absolute atomic E-state index is 0.282. The van der Waals surface area contributed by atoms with Gasteiger partial charge in [-0.2, -0.15) is 0 Å². The molecule has 0 saturated heterocycles. The number of nitrogens with zero attached hydrogens (tertiary/aromatic N) is 1. The summed E-state index contributed by atoms with van der Waals surface area (Å²) in [7, 11) is 0. The fourth-order valence-electron chi connectivity index (χ4n) is 2.40. The standard InChI is InChI=1S/C14H21NO4/c1-6-18-13(16)11-8(3)12(14(17)19-7-2)10(5)15-9(11)4/h8,11H,6-7H2,1-5H3. The lowest BCUT2D eigenvalue weighted by Gasteiger charge is -2.28. The summed E-state index contributed by atoms with van der Waals surface area (Å²) in [5, 5.41) is 0. The number of aliphatic imine (C=N–C) groups is 1. The highest BCUT2D eigenvalue weighted by Gasteiger charge is 2.38. The summed E-state index contributed by atoms with van der Waals surface area (Å²) in [5.41, 5.74) is 1.76. The topological polar surface area (TPSA) is 65.0 Å². The van der Waals surface area contributed by atoms with Gasteiger partial charge in [-0.15, -0.1) is 0 Å². The highest BCUT2D eigenvalue weighted by atomic mass is 16.5. The Morgan fingerprint density at radius 2 is 1.74 bits per heavy atom. The second-order valence-electron chi connectivity index (χ2n) is 4.49. The highest BCUT2D eigenvalue weighted by Crippen LogP contribution is 2.32. The van der Waals surface area contributed by atoms with Crippen LogP contribution in [0.5, 0.6) is 0 Å². The molecule has 2 unspecified atom stereocenters.